The van der Waals surface area contributed by atoms with Gasteiger partial charge in [-0.05, 0) is 115 Å². The van der Waals surface area contributed by atoms with Crippen LogP contribution in [0.15, 0.2) is 42.7 Å². The van der Waals surface area contributed by atoms with E-state index in [1.165, 1.54) is 25.3 Å². The largest absolute Gasteiger partial charge is 0.381 e. The lowest BCUT2D eigenvalue weighted by Crippen LogP contribution is -2.57. The van der Waals surface area contributed by atoms with Crippen molar-refractivity contribution in [3.05, 3.63) is 65.2 Å². The summed E-state index contributed by atoms with van der Waals surface area (Å²) in [6.45, 7) is 9.40. The summed E-state index contributed by atoms with van der Waals surface area (Å²) in [5, 5.41) is 16.7. The summed E-state index contributed by atoms with van der Waals surface area (Å²) in [6.07, 6.45) is 8.06. The van der Waals surface area contributed by atoms with Crippen molar-refractivity contribution in [1.82, 2.24) is 24.8 Å². The molecule has 3 N–H and O–H groups in total. The van der Waals surface area contributed by atoms with Gasteiger partial charge < -0.3 is 29.5 Å². The van der Waals surface area contributed by atoms with Crippen molar-refractivity contribution in [3.8, 4) is 11.3 Å². The van der Waals surface area contributed by atoms with Crippen LogP contribution in [0, 0.1) is 12.7 Å². The molecule has 10 nitrogen and oxygen atoms in total. The van der Waals surface area contributed by atoms with E-state index in [4.69, 9.17) is 14.7 Å². The Bertz CT molecular complexity index is 1920. The first-order chi connectivity index (χ1) is 24.2. The molecular weight excluding hydrogens is 633 g/mol. The number of rotatable bonds is 8. The van der Waals surface area contributed by atoms with Gasteiger partial charge in [-0.25, -0.2) is 14.4 Å². The van der Waals surface area contributed by atoms with Gasteiger partial charge >= 0.3 is 0 Å². The van der Waals surface area contributed by atoms with Crippen LogP contribution in [0.1, 0.15) is 87.8 Å². The monoisotopic (exact) mass is 681 g/mol. The molecule has 1 spiro atoms. The Morgan fingerprint density at radius 1 is 1.04 bits per heavy atom. The summed E-state index contributed by atoms with van der Waals surface area (Å²) in [6, 6.07) is 12.2. The van der Waals surface area contributed by atoms with E-state index < -0.39 is 17.5 Å². The Morgan fingerprint density at radius 3 is 2.52 bits per heavy atom. The number of carbonyl (C=O) groups is 1. The summed E-state index contributed by atoms with van der Waals surface area (Å²) in [7, 11) is 1.66. The molecule has 3 aliphatic heterocycles. The summed E-state index contributed by atoms with van der Waals surface area (Å²) in [5.41, 5.74) is 5.99. The average Bonchev–Trinajstić information content (AvgIpc) is 3.64. The molecule has 1 saturated carbocycles. The fourth-order valence-electron chi connectivity index (χ4n) is 8.72. The maximum absolute atomic E-state index is 15.5. The molecule has 1 unspecified atom stereocenters. The fourth-order valence-corrected chi connectivity index (χ4v) is 8.72. The highest BCUT2D eigenvalue weighted by Gasteiger charge is 2.55. The van der Waals surface area contributed by atoms with E-state index in [0.717, 1.165) is 53.8 Å². The van der Waals surface area contributed by atoms with E-state index in [2.05, 4.69) is 52.5 Å². The predicted octanol–water partition coefficient (Wildman–Crippen LogP) is 6.49. The van der Waals surface area contributed by atoms with Gasteiger partial charge in [-0.2, -0.15) is 0 Å². The number of fused-ring (bicyclic) bond motifs is 3. The number of likely N-dealkylation sites (tertiary alicyclic amines) is 1. The number of aromatic nitrogens is 3. The van der Waals surface area contributed by atoms with Crippen LogP contribution in [0.4, 0.5) is 21.6 Å². The Labute approximate surface area is 293 Å². The highest BCUT2D eigenvalue weighted by atomic mass is 19.1. The van der Waals surface area contributed by atoms with Crippen LogP contribution in [0.3, 0.4) is 0 Å². The normalized spacial score (nSPS) is 22.7. The van der Waals surface area contributed by atoms with Crippen LogP contribution >= 0.6 is 0 Å². The van der Waals surface area contributed by atoms with Gasteiger partial charge in [0.25, 0.3) is 0 Å². The lowest BCUT2D eigenvalue weighted by Gasteiger charge is -2.48. The molecule has 2 saturated heterocycles. The summed E-state index contributed by atoms with van der Waals surface area (Å²) in [4.78, 5) is 29.1. The Hall–Kier alpha value is -3.90. The number of hydrogen-bond acceptors (Lipinski definition) is 8. The molecule has 4 aliphatic rings. The van der Waals surface area contributed by atoms with Gasteiger partial charge in [0.05, 0.1) is 28.6 Å². The maximum Gasteiger partial charge on any atom is 0.238 e. The zero-order valence-electron chi connectivity index (χ0n) is 29.5. The van der Waals surface area contributed by atoms with Crippen molar-refractivity contribution in [2.45, 2.75) is 95.5 Å². The van der Waals surface area contributed by atoms with Gasteiger partial charge in [0.15, 0.2) is 5.82 Å². The number of halogens is 1. The van der Waals surface area contributed by atoms with Crippen molar-refractivity contribution in [3.63, 3.8) is 0 Å². The number of anilines is 3. The van der Waals surface area contributed by atoms with Crippen molar-refractivity contribution in [2.75, 3.05) is 43.6 Å². The number of amides is 1. The quantitative estimate of drug-likeness (QED) is 0.181. The number of ether oxygens (including phenoxy) is 1. The highest BCUT2D eigenvalue weighted by Crippen LogP contribution is 2.52. The second kappa shape index (κ2) is 13.0. The maximum atomic E-state index is 15.5. The molecule has 4 aromatic rings. The second-order valence-electron chi connectivity index (χ2n) is 15.0. The number of aliphatic hydroxyl groups excluding tert-OH is 1. The Kier molecular flexibility index (Phi) is 8.65. The molecule has 11 heteroatoms. The molecule has 1 amide bonds. The van der Waals surface area contributed by atoms with E-state index in [-0.39, 0.29) is 23.7 Å². The number of hydrogen-bond donors (Lipinski definition) is 3. The molecule has 2 aromatic carbocycles. The van der Waals surface area contributed by atoms with Crippen LogP contribution in [0.5, 0.6) is 0 Å². The summed E-state index contributed by atoms with van der Waals surface area (Å²) in [5.74, 6) is 0.238. The first-order valence-corrected chi connectivity index (χ1v) is 18.3. The number of aliphatic hydroxyl groups is 1. The van der Waals surface area contributed by atoms with Crippen molar-refractivity contribution < 1.29 is 19.0 Å². The van der Waals surface area contributed by atoms with Crippen LogP contribution < -0.4 is 15.5 Å². The molecule has 50 heavy (non-hydrogen) atoms. The van der Waals surface area contributed by atoms with E-state index >= 15 is 4.39 Å². The van der Waals surface area contributed by atoms with E-state index in [1.54, 1.807) is 26.4 Å². The topological polar surface area (TPSA) is 108 Å². The molecule has 3 fully saturated rings. The van der Waals surface area contributed by atoms with E-state index in [1.807, 2.05) is 10.6 Å². The van der Waals surface area contributed by atoms with Crippen molar-refractivity contribution in [1.29, 1.82) is 0 Å². The van der Waals surface area contributed by atoms with Gasteiger partial charge in [0, 0.05) is 48.2 Å². The SMILES string of the molecule is CNC(O)c1cc(Nc2nc(-c3ccc4c(c3)N([C@H]3C[C@@H](N5CCCCC5)C3)C(=O)C43CCOCC3)cc3ncn(C(C)C)c23)c(F)cc1C. The molecule has 0 radical (unpaired) electrons. The van der Waals surface area contributed by atoms with Gasteiger partial charge in [-0.1, -0.05) is 18.6 Å². The highest BCUT2D eigenvalue weighted by molar-refractivity contribution is 6.09. The fraction of sp³-hybridized carbons (Fsp3) is 0.513. The number of pyridine rings is 1. The molecule has 0 bridgehead atoms. The molecule has 2 aromatic heterocycles. The first-order valence-electron chi connectivity index (χ1n) is 18.3. The molecular formula is C39H48FN7O3. The minimum absolute atomic E-state index is 0.0872. The minimum atomic E-state index is -0.946. The number of carbonyl (C=O) groups excluding carboxylic acids is 1. The molecule has 1 atom stereocenters. The van der Waals surface area contributed by atoms with Gasteiger partial charge in [-0.3, -0.25) is 10.1 Å². The average molecular weight is 682 g/mol. The third-order valence-electron chi connectivity index (χ3n) is 11.7. The number of nitrogens with zero attached hydrogens (tertiary/aromatic N) is 5. The van der Waals surface area contributed by atoms with Crippen molar-refractivity contribution in [2.24, 2.45) is 0 Å². The van der Waals surface area contributed by atoms with Crippen LogP contribution in [-0.4, -0.2) is 75.9 Å². The van der Waals surface area contributed by atoms with Gasteiger partial charge in [0.2, 0.25) is 5.91 Å². The third kappa shape index (κ3) is 5.49. The number of benzene rings is 2. The third-order valence-corrected chi connectivity index (χ3v) is 11.7. The number of aryl methyl sites for hydroxylation is 1. The van der Waals surface area contributed by atoms with Crippen LogP contribution in [-0.2, 0) is 14.9 Å². The van der Waals surface area contributed by atoms with E-state index in [9.17, 15) is 9.90 Å². The zero-order valence-corrected chi connectivity index (χ0v) is 29.5. The van der Waals surface area contributed by atoms with Gasteiger partial charge in [-0.15, -0.1) is 0 Å². The number of nitrogens with one attached hydrogen (secondary N) is 2. The molecule has 264 valence electrons. The lowest BCUT2D eigenvalue weighted by molar-refractivity contribution is -0.127. The molecule has 8 rings (SSSR count). The summed E-state index contributed by atoms with van der Waals surface area (Å²) < 4.78 is 23.3. The minimum Gasteiger partial charge on any atom is -0.381 e. The zero-order chi connectivity index (χ0) is 34.7. The first kappa shape index (κ1) is 33.3. The van der Waals surface area contributed by atoms with E-state index in [0.29, 0.717) is 54.7 Å². The van der Waals surface area contributed by atoms with Crippen LogP contribution in [0.25, 0.3) is 22.3 Å². The number of piperidine rings is 1. The standard InChI is InChI=1S/C39H48FN7O3/c1-23(2)46-22-42-33-21-31(43-36(35(33)46)44-32-20-28(37(48)41-4)24(3)16-30(32)40)25-8-9-29-34(17-25)47(38(49)39(29)10-14-50-15-11-39)27-18-26(19-27)45-12-6-5-7-13-45/h8-9,16-17,20-23,26-27,37,41,48H,5-7,10-15,18-19H2,1-4H3,(H,43,44)/t26-,27+,37?. The number of imidazole rings is 1. The molecule has 1 aliphatic carbocycles. The Balaban J connectivity index is 1.20. The second-order valence-corrected chi connectivity index (χ2v) is 15.0. The van der Waals surface area contributed by atoms with Gasteiger partial charge in [0.1, 0.15) is 17.6 Å². The lowest BCUT2D eigenvalue weighted by atomic mass is 9.75. The van der Waals surface area contributed by atoms with Crippen molar-refractivity contribution >= 4 is 34.1 Å². The summed E-state index contributed by atoms with van der Waals surface area (Å²) >= 11 is 0. The van der Waals surface area contributed by atoms with Crippen LogP contribution in [0.2, 0.25) is 0 Å². The smallest absolute Gasteiger partial charge is 0.238 e. The predicted molar refractivity (Wildman–Crippen MR) is 193 cm³/mol. The Morgan fingerprint density at radius 2 is 1.80 bits per heavy atom. The molecule has 5 heterocycles.